The Hall–Kier alpha value is -0.680. The number of hydrogen-bond donors (Lipinski definition) is 0. The number of unbranched alkanes of at least 4 members (excludes halogenated alkanes) is 6. The van der Waals surface area contributed by atoms with E-state index in [1.807, 2.05) is 60.7 Å². The van der Waals surface area contributed by atoms with Gasteiger partial charge in [-0.15, -0.1) is 23.2 Å². The fourth-order valence-electron chi connectivity index (χ4n) is 4.38. The third-order valence-electron chi connectivity index (χ3n) is 6.49. The summed E-state index contributed by atoms with van der Waals surface area (Å²) in [4.78, 5) is 1.53. The van der Waals surface area contributed by atoms with E-state index in [1.165, 1.54) is 0 Å². The lowest BCUT2D eigenvalue weighted by Gasteiger charge is -2.30. The first-order valence-electron chi connectivity index (χ1n) is 13.2. The number of rotatable bonds is 18. The quantitative estimate of drug-likeness (QED) is 0.135. The molecule has 0 aliphatic heterocycles. The maximum Gasteiger partial charge on any atom is 0.124 e. The van der Waals surface area contributed by atoms with Crippen molar-refractivity contribution in [3.63, 3.8) is 0 Å². The molecule has 2 aromatic rings. The minimum Gasteiger partial charge on any atom is -0.253 e. The molecule has 0 bridgehead atoms. The van der Waals surface area contributed by atoms with Gasteiger partial charge in [0.2, 0.25) is 0 Å². The van der Waals surface area contributed by atoms with Gasteiger partial charge in [0.05, 0.1) is 21.6 Å². The van der Waals surface area contributed by atoms with Crippen molar-refractivity contribution in [2.45, 2.75) is 116 Å². The van der Waals surface area contributed by atoms with Crippen molar-refractivity contribution in [3.8, 4) is 0 Å². The molecule has 0 N–H and O–H groups in total. The summed E-state index contributed by atoms with van der Waals surface area (Å²) in [5.41, 5.74) is 0. The third-order valence-corrected chi connectivity index (χ3v) is 11.6. The van der Waals surface area contributed by atoms with Gasteiger partial charge in [-0.25, -0.2) is 0 Å². The van der Waals surface area contributed by atoms with Crippen LogP contribution in [0, 0.1) is 0 Å². The predicted molar refractivity (Wildman–Crippen MR) is 154 cm³/mol. The summed E-state index contributed by atoms with van der Waals surface area (Å²) >= 11 is 14.3. The fraction of sp³-hybridized carbons (Fsp3) is 0.586. The fourth-order valence-corrected chi connectivity index (χ4v) is 8.42. The summed E-state index contributed by atoms with van der Waals surface area (Å²) in [5, 5.41) is 0. The first-order chi connectivity index (χ1) is 16.9. The lowest BCUT2D eigenvalue weighted by Crippen LogP contribution is -2.31. The largest absolute Gasteiger partial charge is 0.253 e. The summed E-state index contributed by atoms with van der Waals surface area (Å²) in [6.45, 7) is 4.37. The minimum atomic E-state index is -1.33. The Labute approximate surface area is 228 Å². The van der Waals surface area contributed by atoms with E-state index in [4.69, 9.17) is 23.2 Å². The molecule has 0 heterocycles. The van der Waals surface area contributed by atoms with E-state index in [0.29, 0.717) is 32.1 Å². The van der Waals surface area contributed by atoms with Crippen LogP contribution >= 0.6 is 23.2 Å². The van der Waals surface area contributed by atoms with E-state index in [0.717, 1.165) is 61.2 Å². The molecule has 6 heteroatoms. The molecule has 0 spiro atoms. The first-order valence-corrected chi connectivity index (χ1v) is 16.2. The van der Waals surface area contributed by atoms with Crippen molar-refractivity contribution in [1.29, 1.82) is 0 Å². The molecule has 0 aliphatic rings. The van der Waals surface area contributed by atoms with Gasteiger partial charge in [-0.1, -0.05) is 102 Å². The Morgan fingerprint density at radius 3 is 1.23 bits per heavy atom. The van der Waals surface area contributed by atoms with Gasteiger partial charge in [0, 0.05) is 9.79 Å². The van der Waals surface area contributed by atoms with Crippen LogP contribution in [0.15, 0.2) is 70.5 Å². The van der Waals surface area contributed by atoms with Gasteiger partial charge in [0.25, 0.3) is 0 Å². The average Bonchev–Trinajstić information content (AvgIpc) is 2.89. The Morgan fingerprint density at radius 2 is 0.886 bits per heavy atom. The van der Waals surface area contributed by atoms with Gasteiger partial charge in [-0.05, 0) is 56.4 Å². The van der Waals surface area contributed by atoms with Crippen LogP contribution in [-0.4, -0.2) is 16.8 Å². The highest BCUT2D eigenvalue weighted by Crippen LogP contribution is 2.41. The number of halogens is 2. The summed E-state index contributed by atoms with van der Waals surface area (Å²) in [5.74, 6) is 0. The van der Waals surface area contributed by atoms with Gasteiger partial charge in [0.1, 0.15) is 8.41 Å². The van der Waals surface area contributed by atoms with E-state index < -0.39 is 30.0 Å². The van der Waals surface area contributed by atoms with Crippen molar-refractivity contribution >= 4 is 44.8 Å². The number of benzene rings is 2. The van der Waals surface area contributed by atoms with Crippen LogP contribution in [0.4, 0.5) is 0 Å². The van der Waals surface area contributed by atoms with Gasteiger partial charge in [0.15, 0.2) is 0 Å². The van der Waals surface area contributed by atoms with E-state index >= 15 is 0 Å². The summed E-state index contributed by atoms with van der Waals surface area (Å²) in [7, 11) is -2.66. The van der Waals surface area contributed by atoms with Crippen LogP contribution in [0.2, 0.25) is 0 Å². The zero-order chi connectivity index (χ0) is 25.6. The van der Waals surface area contributed by atoms with E-state index in [9.17, 15) is 8.42 Å². The second-order valence-electron chi connectivity index (χ2n) is 9.40. The summed E-state index contributed by atoms with van der Waals surface area (Å²) in [6, 6.07) is 19.1. The number of hydrogen-bond acceptors (Lipinski definition) is 2. The van der Waals surface area contributed by atoms with Crippen molar-refractivity contribution in [3.05, 3.63) is 60.7 Å². The minimum absolute atomic E-state index is 0.581. The molecule has 2 nitrogen and oxygen atoms in total. The molecule has 0 saturated heterocycles. The Morgan fingerprint density at radius 1 is 0.543 bits per heavy atom. The van der Waals surface area contributed by atoms with Gasteiger partial charge in [-0.2, -0.15) is 0 Å². The first kappa shape index (κ1) is 30.5. The highest BCUT2D eigenvalue weighted by molar-refractivity contribution is 7.88. The molecule has 4 unspecified atom stereocenters. The highest BCUT2D eigenvalue weighted by atomic mass is 35.5. The van der Waals surface area contributed by atoms with Crippen molar-refractivity contribution in [1.82, 2.24) is 0 Å². The van der Waals surface area contributed by atoms with Gasteiger partial charge in [-0.3, -0.25) is 8.42 Å². The molecule has 0 aliphatic carbocycles. The van der Waals surface area contributed by atoms with Crippen LogP contribution in [0.1, 0.15) is 97.3 Å². The molecule has 2 aromatic carbocycles. The normalized spacial score (nSPS) is 16.8. The van der Waals surface area contributed by atoms with E-state index in [1.54, 1.807) is 0 Å². The van der Waals surface area contributed by atoms with Crippen LogP contribution in [0.5, 0.6) is 0 Å². The Kier molecular flexibility index (Phi) is 14.2. The van der Waals surface area contributed by atoms with Crippen molar-refractivity contribution in [2.24, 2.45) is 0 Å². The maximum absolute atomic E-state index is 13.6. The smallest absolute Gasteiger partial charge is 0.124 e. The Balaban J connectivity index is 2.15. The molecule has 0 saturated carbocycles. The molecule has 35 heavy (non-hydrogen) atoms. The van der Waals surface area contributed by atoms with Gasteiger partial charge >= 0.3 is 0 Å². The molecule has 0 radical (unpaired) electrons. The van der Waals surface area contributed by atoms with Crippen LogP contribution in [0.3, 0.4) is 0 Å². The summed E-state index contributed by atoms with van der Waals surface area (Å²) in [6.07, 6.45) is 11.9. The van der Waals surface area contributed by atoms with E-state index in [-0.39, 0.29) is 0 Å². The molecule has 0 fully saturated rings. The second kappa shape index (κ2) is 16.2. The predicted octanol–water partition coefficient (Wildman–Crippen LogP) is 9.58. The molecular weight excluding hydrogens is 515 g/mol. The number of alkyl halides is 2. The molecule has 0 amide bonds. The van der Waals surface area contributed by atoms with Crippen molar-refractivity contribution < 1.29 is 8.42 Å². The lowest BCUT2D eigenvalue weighted by atomic mass is 10.0. The molecule has 0 aromatic heterocycles. The Bertz CT molecular complexity index is 821. The SMILES string of the molecule is CCCCCCC(Cl)(CCCC(Cl)(CCCCCC)S(=O)c1ccccc1)S(=O)c1ccccc1. The van der Waals surface area contributed by atoms with Crippen molar-refractivity contribution in [2.75, 3.05) is 0 Å². The van der Waals surface area contributed by atoms with Crippen LogP contribution in [0.25, 0.3) is 0 Å². The lowest BCUT2D eigenvalue weighted by molar-refractivity contribution is 0.495. The second-order valence-corrected chi connectivity index (χ2v) is 14.9. The molecular formula is C29H42Cl2O2S2. The molecule has 2 rings (SSSR count). The zero-order valence-electron chi connectivity index (χ0n) is 21.4. The van der Waals surface area contributed by atoms with E-state index in [2.05, 4.69) is 13.8 Å². The topological polar surface area (TPSA) is 34.1 Å². The zero-order valence-corrected chi connectivity index (χ0v) is 24.5. The monoisotopic (exact) mass is 556 g/mol. The maximum atomic E-state index is 13.6. The summed E-state index contributed by atoms with van der Waals surface area (Å²) < 4.78 is 25.5. The third kappa shape index (κ3) is 9.95. The van der Waals surface area contributed by atoms with Crippen LogP contribution in [-0.2, 0) is 21.6 Å². The molecule has 4 atom stereocenters. The van der Waals surface area contributed by atoms with Crippen LogP contribution < -0.4 is 0 Å². The highest BCUT2D eigenvalue weighted by Gasteiger charge is 2.38. The van der Waals surface area contributed by atoms with Gasteiger partial charge < -0.3 is 0 Å². The molecule has 196 valence electrons. The standard InChI is InChI=1S/C29H42Cl2O2S2/c1-3-5-7-15-22-28(30,34(32)26-18-11-9-12-19-26)24-17-25-29(31,23-16-8-6-4-2)35(33)27-20-13-10-14-21-27/h9-14,18-21H,3-8,15-17,22-25H2,1-2H3. The average molecular weight is 558 g/mol.